The van der Waals surface area contributed by atoms with Crippen LogP contribution >= 0.6 is 0 Å². The van der Waals surface area contributed by atoms with Crippen LogP contribution in [0.5, 0.6) is 11.5 Å². The van der Waals surface area contributed by atoms with Gasteiger partial charge in [0.2, 0.25) is 0 Å². The predicted molar refractivity (Wildman–Crippen MR) is 99.9 cm³/mol. The number of benzene rings is 1. The minimum Gasteiger partial charge on any atom is -0.483 e. The molecule has 0 amide bonds. The molecule has 0 bridgehead atoms. The summed E-state index contributed by atoms with van der Waals surface area (Å²) in [5, 5.41) is 17.1. The maximum Gasteiger partial charge on any atom is 0.191 e. The maximum absolute atomic E-state index is 8.61. The Morgan fingerprint density at radius 2 is 2.15 bits per heavy atom. The lowest BCUT2D eigenvalue weighted by Crippen LogP contribution is -2.34. The van der Waals surface area contributed by atoms with E-state index in [2.05, 4.69) is 25.1 Å². The summed E-state index contributed by atoms with van der Waals surface area (Å²) >= 11 is 0. The van der Waals surface area contributed by atoms with E-state index >= 15 is 0 Å². The van der Waals surface area contributed by atoms with Crippen LogP contribution in [-0.2, 0) is 11.2 Å². The Bertz CT molecular complexity index is 623. The topological polar surface area (TPSA) is 71.7 Å². The molecule has 1 aliphatic heterocycles. The highest BCUT2D eigenvalue weighted by molar-refractivity contribution is 5.42. The molecular weight excluding hydrogens is 330 g/mol. The molecule has 1 aromatic carbocycles. The van der Waals surface area contributed by atoms with Crippen molar-refractivity contribution in [2.45, 2.75) is 63.9 Å². The molecule has 0 spiro atoms. The number of nitriles is 1. The van der Waals surface area contributed by atoms with Crippen LogP contribution in [0.1, 0.15) is 57.4 Å². The molecule has 1 unspecified atom stereocenters. The number of ether oxygens (including phenoxy) is 3. The lowest BCUT2D eigenvalue weighted by atomic mass is 9.91. The van der Waals surface area contributed by atoms with Crippen molar-refractivity contribution < 1.29 is 19.3 Å². The molecule has 1 aromatic rings. The van der Waals surface area contributed by atoms with Crippen molar-refractivity contribution >= 4 is 0 Å². The van der Waals surface area contributed by atoms with Crippen molar-refractivity contribution in [3.05, 3.63) is 35.9 Å². The number of aliphatic hydroxyl groups excluding tert-OH is 1. The fourth-order valence-electron chi connectivity index (χ4n) is 3.04. The number of hydrogen-bond acceptors (Lipinski definition) is 5. The van der Waals surface area contributed by atoms with E-state index in [1.807, 2.05) is 18.2 Å². The van der Waals surface area contributed by atoms with E-state index in [9.17, 15) is 0 Å². The van der Waals surface area contributed by atoms with Gasteiger partial charge in [-0.2, -0.15) is 5.26 Å². The number of nitrogens with zero attached hydrogens (tertiary/aromatic N) is 1. The number of allylic oxidation sites excluding steroid dienone is 1. The molecule has 0 saturated heterocycles. The molecule has 0 aliphatic carbocycles. The van der Waals surface area contributed by atoms with Crippen LogP contribution in [0.3, 0.4) is 0 Å². The van der Waals surface area contributed by atoms with Gasteiger partial charge in [0.15, 0.2) is 6.79 Å². The smallest absolute Gasteiger partial charge is 0.191 e. The number of unbranched alkanes of at least 4 members (excludes halogenated alkanes) is 5. The second-order valence-electron chi connectivity index (χ2n) is 6.79. The molecule has 0 saturated carbocycles. The summed E-state index contributed by atoms with van der Waals surface area (Å²) in [6, 6.07) is 7.95. The molecule has 142 valence electrons. The van der Waals surface area contributed by atoms with E-state index in [0.29, 0.717) is 6.42 Å². The third-order valence-corrected chi connectivity index (χ3v) is 4.55. The molecule has 5 heteroatoms. The van der Waals surface area contributed by atoms with Crippen molar-refractivity contribution in [1.29, 1.82) is 5.26 Å². The van der Waals surface area contributed by atoms with Gasteiger partial charge in [-0.3, -0.25) is 0 Å². The van der Waals surface area contributed by atoms with Gasteiger partial charge in [0, 0.05) is 6.42 Å². The van der Waals surface area contributed by atoms with Gasteiger partial charge in [-0.1, -0.05) is 18.9 Å². The van der Waals surface area contributed by atoms with Gasteiger partial charge in [-0.15, -0.1) is 0 Å². The van der Waals surface area contributed by atoms with E-state index in [0.717, 1.165) is 55.6 Å². The number of fused-ring (bicyclic) bond motifs is 1. The van der Waals surface area contributed by atoms with Crippen LogP contribution < -0.4 is 9.47 Å². The normalized spacial score (nSPS) is 19.0. The molecule has 1 aliphatic rings. The van der Waals surface area contributed by atoms with Crippen LogP contribution in [0.25, 0.3) is 0 Å². The predicted octanol–water partition coefficient (Wildman–Crippen LogP) is 4.49. The zero-order valence-electron chi connectivity index (χ0n) is 15.6. The number of hydrogen-bond donors (Lipinski definition) is 1. The minimum atomic E-state index is -0.349. The first kappa shape index (κ1) is 20.3. The molecular formula is C21H29NO4. The van der Waals surface area contributed by atoms with Crippen LogP contribution in [0.4, 0.5) is 0 Å². The zero-order valence-corrected chi connectivity index (χ0v) is 15.6. The summed E-state index contributed by atoms with van der Waals surface area (Å²) < 4.78 is 16.4. The zero-order chi connectivity index (χ0) is 18.7. The van der Waals surface area contributed by atoms with Crippen molar-refractivity contribution in [3.8, 4) is 17.6 Å². The number of aliphatic hydroxyl groups is 1. The van der Waals surface area contributed by atoms with Crippen LogP contribution in [-0.4, -0.2) is 24.3 Å². The first-order valence-corrected chi connectivity index (χ1v) is 9.35. The molecule has 5 nitrogen and oxygen atoms in total. The van der Waals surface area contributed by atoms with E-state index in [4.69, 9.17) is 24.6 Å². The van der Waals surface area contributed by atoms with Gasteiger partial charge in [-0.25, -0.2) is 0 Å². The SMILES string of the molecule is CC1(/C=C/CCCCCCC#N)CCc2cc(OCOCO)ccc2O1. The highest BCUT2D eigenvalue weighted by Gasteiger charge is 2.29. The molecule has 1 atom stereocenters. The van der Waals surface area contributed by atoms with E-state index in [-0.39, 0.29) is 19.2 Å². The van der Waals surface area contributed by atoms with Gasteiger partial charge in [-0.05, 0) is 68.9 Å². The second-order valence-corrected chi connectivity index (χ2v) is 6.79. The second kappa shape index (κ2) is 10.8. The fraction of sp³-hybridized carbons (Fsp3) is 0.571. The summed E-state index contributed by atoms with van der Waals surface area (Å²) in [4.78, 5) is 0. The molecule has 0 fully saturated rings. The maximum atomic E-state index is 8.61. The number of rotatable bonds is 11. The minimum absolute atomic E-state index is 0.0348. The van der Waals surface area contributed by atoms with Gasteiger partial charge >= 0.3 is 0 Å². The monoisotopic (exact) mass is 359 g/mol. The molecule has 26 heavy (non-hydrogen) atoms. The Kier molecular flexibility index (Phi) is 8.46. The van der Waals surface area contributed by atoms with Crippen LogP contribution in [0.2, 0.25) is 0 Å². The standard InChI is InChI=1S/C21H29NO4/c1-21(12-7-5-3-2-4-6-8-14-22)13-11-18-15-19(25-17-24-16-23)9-10-20(18)26-21/h7,9-10,12,15,23H,2-6,8,11,13,16-17H2,1H3/b12-7+. The van der Waals surface area contributed by atoms with Gasteiger partial charge in [0.1, 0.15) is 23.9 Å². The number of aryl methyl sites for hydroxylation is 1. The summed E-state index contributed by atoms with van der Waals surface area (Å²) in [5.41, 5.74) is 0.866. The lowest BCUT2D eigenvalue weighted by molar-refractivity contribution is -0.0654. The third-order valence-electron chi connectivity index (χ3n) is 4.55. The largest absolute Gasteiger partial charge is 0.483 e. The summed E-state index contributed by atoms with van der Waals surface area (Å²) in [6.45, 7) is 1.81. The van der Waals surface area contributed by atoms with Crippen LogP contribution in [0, 0.1) is 11.3 Å². The summed E-state index contributed by atoms with van der Waals surface area (Å²) in [5.74, 6) is 1.62. The average Bonchev–Trinajstić information content (AvgIpc) is 2.64. The van der Waals surface area contributed by atoms with E-state index < -0.39 is 0 Å². The van der Waals surface area contributed by atoms with Gasteiger partial charge in [0.05, 0.1) is 6.07 Å². The fourth-order valence-corrected chi connectivity index (χ4v) is 3.04. The Balaban J connectivity index is 1.78. The highest BCUT2D eigenvalue weighted by Crippen LogP contribution is 2.36. The average molecular weight is 359 g/mol. The Morgan fingerprint density at radius 3 is 2.96 bits per heavy atom. The molecule has 0 aromatic heterocycles. The first-order chi connectivity index (χ1) is 12.7. The quantitative estimate of drug-likeness (QED) is 0.358. The molecule has 1 N–H and O–H groups in total. The van der Waals surface area contributed by atoms with Crippen molar-refractivity contribution in [1.82, 2.24) is 0 Å². The first-order valence-electron chi connectivity index (χ1n) is 9.35. The summed E-state index contributed by atoms with van der Waals surface area (Å²) in [6.07, 6.45) is 12.5. The van der Waals surface area contributed by atoms with E-state index in [1.54, 1.807) is 0 Å². The Hall–Kier alpha value is -2.03. The Labute approximate surface area is 156 Å². The third kappa shape index (κ3) is 6.70. The molecule has 1 heterocycles. The van der Waals surface area contributed by atoms with Crippen molar-refractivity contribution in [2.24, 2.45) is 0 Å². The van der Waals surface area contributed by atoms with Crippen molar-refractivity contribution in [3.63, 3.8) is 0 Å². The highest BCUT2D eigenvalue weighted by atomic mass is 16.7. The van der Waals surface area contributed by atoms with E-state index in [1.165, 1.54) is 6.42 Å². The summed E-state index contributed by atoms with van der Waals surface area (Å²) in [7, 11) is 0. The molecule has 0 radical (unpaired) electrons. The van der Waals surface area contributed by atoms with Gasteiger partial charge < -0.3 is 19.3 Å². The molecule has 2 rings (SSSR count). The van der Waals surface area contributed by atoms with Gasteiger partial charge in [0.25, 0.3) is 0 Å². The Morgan fingerprint density at radius 1 is 1.31 bits per heavy atom. The van der Waals surface area contributed by atoms with Crippen LogP contribution in [0.15, 0.2) is 30.4 Å². The lowest BCUT2D eigenvalue weighted by Gasteiger charge is -2.33. The van der Waals surface area contributed by atoms with Crippen molar-refractivity contribution in [2.75, 3.05) is 13.6 Å².